The number of hydrogen-bond acceptors (Lipinski definition) is 3. The van der Waals surface area contributed by atoms with E-state index in [1.54, 1.807) is 20.8 Å². The minimum atomic E-state index is -1.10. The van der Waals surface area contributed by atoms with E-state index in [2.05, 4.69) is 5.32 Å². The summed E-state index contributed by atoms with van der Waals surface area (Å²) in [7, 11) is 0. The molecule has 0 spiro atoms. The number of alkyl halides is 1. The van der Waals surface area contributed by atoms with Crippen molar-refractivity contribution in [2.45, 2.75) is 45.0 Å². The second-order valence-corrected chi connectivity index (χ2v) is 4.27. The molecule has 0 aromatic heterocycles. The molecule has 76 valence electrons. The van der Waals surface area contributed by atoms with Crippen molar-refractivity contribution in [1.82, 2.24) is 5.32 Å². The second-order valence-electron chi connectivity index (χ2n) is 4.27. The number of rotatable bonds is 1. The average molecular weight is 189 g/mol. The Balaban J connectivity index is 2.48. The van der Waals surface area contributed by atoms with Crippen molar-refractivity contribution in [3.63, 3.8) is 0 Å². The van der Waals surface area contributed by atoms with Crippen LogP contribution in [0.25, 0.3) is 0 Å². The lowest BCUT2D eigenvalue weighted by Gasteiger charge is -2.22. The van der Waals surface area contributed by atoms with Crippen LogP contribution in [0.4, 0.5) is 4.39 Å². The lowest BCUT2D eigenvalue weighted by Crippen LogP contribution is -2.41. The zero-order valence-corrected chi connectivity index (χ0v) is 8.26. The molecule has 4 heteroatoms. The molecule has 13 heavy (non-hydrogen) atoms. The van der Waals surface area contributed by atoms with E-state index in [4.69, 9.17) is 4.74 Å². The van der Waals surface area contributed by atoms with Gasteiger partial charge in [-0.15, -0.1) is 0 Å². The zero-order valence-electron chi connectivity index (χ0n) is 8.26. The van der Waals surface area contributed by atoms with Gasteiger partial charge in [-0.2, -0.15) is 0 Å². The van der Waals surface area contributed by atoms with Crippen LogP contribution < -0.4 is 5.32 Å². The van der Waals surface area contributed by atoms with Gasteiger partial charge in [0.15, 0.2) is 0 Å². The van der Waals surface area contributed by atoms with Gasteiger partial charge in [-0.05, 0) is 33.7 Å². The first-order valence-corrected chi connectivity index (χ1v) is 4.50. The second kappa shape index (κ2) is 3.62. The molecule has 1 fully saturated rings. The molecule has 0 aromatic carbocycles. The fraction of sp³-hybridized carbons (Fsp3) is 0.889. The quantitative estimate of drug-likeness (QED) is 0.626. The van der Waals surface area contributed by atoms with Crippen LogP contribution in [0.5, 0.6) is 0 Å². The normalized spacial score (nSPS) is 28.9. The first kappa shape index (κ1) is 10.4. The molecular weight excluding hydrogens is 173 g/mol. The largest absolute Gasteiger partial charge is 0.459 e. The van der Waals surface area contributed by atoms with Crippen LogP contribution in [0.15, 0.2) is 0 Å². The lowest BCUT2D eigenvalue weighted by atomic mass is 10.1. The van der Waals surface area contributed by atoms with E-state index in [9.17, 15) is 9.18 Å². The van der Waals surface area contributed by atoms with Crippen molar-refractivity contribution in [2.75, 3.05) is 6.54 Å². The molecule has 0 amide bonds. The molecule has 0 aliphatic carbocycles. The molecule has 0 saturated carbocycles. The third-order valence-electron chi connectivity index (χ3n) is 1.81. The Bertz CT molecular complexity index is 200. The van der Waals surface area contributed by atoms with E-state index in [0.29, 0.717) is 13.0 Å². The number of halogens is 1. The molecule has 1 rings (SSSR count). The van der Waals surface area contributed by atoms with Crippen LogP contribution in [0.1, 0.15) is 27.2 Å². The van der Waals surface area contributed by atoms with Crippen molar-refractivity contribution < 1.29 is 13.9 Å². The summed E-state index contributed by atoms with van der Waals surface area (Å²) in [5, 5.41) is 2.78. The molecule has 1 aliphatic heterocycles. The molecular formula is C9H16FNO2. The summed E-state index contributed by atoms with van der Waals surface area (Å²) in [5.41, 5.74) is -0.541. The zero-order chi connectivity index (χ0) is 10.1. The Morgan fingerprint density at radius 2 is 2.15 bits per heavy atom. The molecule has 1 heterocycles. The standard InChI is InChI=1S/C9H16FNO2/c1-9(2,3)13-8(12)7-6(10)4-5-11-7/h6-7,11H,4-5H2,1-3H3/t6-,7-/m1/s1. The van der Waals surface area contributed by atoms with Crippen LogP contribution in [-0.4, -0.2) is 30.3 Å². The van der Waals surface area contributed by atoms with Crippen molar-refractivity contribution in [2.24, 2.45) is 0 Å². The molecule has 1 saturated heterocycles. The predicted molar refractivity (Wildman–Crippen MR) is 47.1 cm³/mol. The Morgan fingerprint density at radius 1 is 1.54 bits per heavy atom. The fourth-order valence-electron chi connectivity index (χ4n) is 1.27. The maximum atomic E-state index is 13.1. The highest BCUT2D eigenvalue weighted by Crippen LogP contribution is 2.16. The summed E-state index contributed by atoms with van der Waals surface area (Å²) in [6, 6.07) is -0.765. The maximum Gasteiger partial charge on any atom is 0.326 e. The van der Waals surface area contributed by atoms with Gasteiger partial charge in [0.1, 0.15) is 17.8 Å². The summed E-state index contributed by atoms with van der Waals surface area (Å²) in [6.45, 7) is 5.86. The van der Waals surface area contributed by atoms with Gasteiger partial charge in [-0.3, -0.25) is 4.79 Å². The molecule has 0 radical (unpaired) electrons. The highest BCUT2D eigenvalue weighted by atomic mass is 19.1. The van der Waals surface area contributed by atoms with Crippen LogP contribution >= 0.6 is 0 Å². The summed E-state index contributed by atoms with van der Waals surface area (Å²) in [4.78, 5) is 11.3. The molecule has 0 bridgehead atoms. The molecule has 0 unspecified atom stereocenters. The van der Waals surface area contributed by atoms with E-state index < -0.39 is 23.8 Å². The summed E-state index contributed by atoms with van der Waals surface area (Å²) >= 11 is 0. The Kier molecular flexibility index (Phi) is 2.91. The predicted octanol–water partition coefficient (Wildman–Crippen LogP) is 1.03. The number of hydrogen-bond donors (Lipinski definition) is 1. The average Bonchev–Trinajstić information content (AvgIpc) is 2.30. The van der Waals surface area contributed by atoms with Crippen LogP contribution in [0, 0.1) is 0 Å². The van der Waals surface area contributed by atoms with E-state index in [0.717, 1.165) is 0 Å². The van der Waals surface area contributed by atoms with Crippen LogP contribution in [-0.2, 0) is 9.53 Å². The van der Waals surface area contributed by atoms with Gasteiger partial charge in [0.05, 0.1) is 0 Å². The van der Waals surface area contributed by atoms with Crippen molar-refractivity contribution >= 4 is 5.97 Å². The maximum absolute atomic E-state index is 13.1. The topological polar surface area (TPSA) is 38.3 Å². The number of esters is 1. The van der Waals surface area contributed by atoms with E-state index in [1.807, 2.05) is 0 Å². The number of carbonyl (C=O) groups excluding carboxylic acids is 1. The third-order valence-corrected chi connectivity index (χ3v) is 1.81. The first-order valence-electron chi connectivity index (χ1n) is 4.50. The SMILES string of the molecule is CC(C)(C)OC(=O)[C@@H]1NCC[C@H]1F. The molecule has 1 aliphatic rings. The Labute approximate surface area is 77.6 Å². The fourth-order valence-corrected chi connectivity index (χ4v) is 1.27. The molecule has 1 N–H and O–H groups in total. The third kappa shape index (κ3) is 2.95. The molecule has 2 atom stereocenters. The van der Waals surface area contributed by atoms with Gasteiger partial charge in [-0.25, -0.2) is 4.39 Å². The minimum Gasteiger partial charge on any atom is -0.459 e. The number of ether oxygens (including phenoxy) is 1. The minimum absolute atomic E-state index is 0.393. The van der Waals surface area contributed by atoms with Gasteiger partial charge in [0.25, 0.3) is 0 Å². The summed E-state index contributed by atoms with van der Waals surface area (Å²) in [6.07, 6.45) is -0.709. The Hall–Kier alpha value is -0.640. The van der Waals surface area contributed by atoms with E-state index in [1.165, 1.54) is 0 Å². The van der Waals surface area contributed by atoms with Crippen LogP contribution in [0.3, 0.4) is 0 Å². The van der Waals surface area contributed by atoms with Crippen LogP contribution in [0.2, 0.25) is 0 Å². The molecule has 0 aromatic rings. The number of carbonyl (C=O) groups is 1. The lowest BCUT2D eigenvalue weighted by molar-refractivity contribution is -0.158. The van der Waals surface area contributed by atoms with Gasteiger partial charge < -0.3 is 10.1 Å². The monoisotopic (exact) mass is 189 g/mol. The smallest absolute Gasteiger partial charge is 0.326 e. The highest BCUT2D eigenvalue weighted by molar-refractivity contribution is 5.77. The van der Waals surface area contributed by atoms with Gasteiger partial charge in [0.2, 0.25) is 0 Å². The number of nitrogens with one attached hydrogen (secondary N) is 1. The summed E-state index contributed by atoms with van der Waals surface area (Å²) in [5.74, 6) is -0.488. The molecule has 3 nitrogen and oxygen atoms in total. The first-order chi connectivity index (χ1) is 5.90. The van der Waals surface area contributed by atoms with Crippen molar-refractivity contribution in [3.05, 3.63) is 0 Å². The van der Waals surface area contributed by atoms with Crippen molar-refractivity contribution in [1.29, 1.82) is 0 Å². The van der Waals surface area contributed by atoms with E-state index in [-0.39, 0.29) is 0 Å². The van der Waals surface area contributed by atoms with Gasteiger partial charge in [0, 0.05) is 0 Å². The van der Waals surface area contributed by atoms with Gasteiger partial charge in [-0.1, -0.05) is 0 Å². The van der Waals surface area contributed by atoms with Crippen molar-refractivity contribution in [3.8, 4) is 0 Å². The summed E-state index contributed by atoms with van der Waals surface area (Å²) < 4.78 is 18.1. The highest BCUT2D eigenvalue weighted by Gasteiger charge is 2.35. The van der Waals surface area contributed by atoms with Gasteiger partial charge >= 0.3 is 5.97 Å². The Morgan fingerprint density at radius 3 is 2.54 bits per heavy atom. The van der Waals surface area contributed by atoms with E-state index >= 15 is 0 Å².